The Balaban J connectivity index is 1.81. The zero-order chi connectivity index (χ0) is 14.8. The summed E-state index contributed by atoms with van der Waals surface area (Å²) in [6.45, 7) is 0. The summed E-state index contributed by atoms with van der Waals surface area (Å²) in [6.07, 6.45) is 0.697. The van der Waals surface area contributed by atoms with E-state index in [0.29, 0.717) is 17.2 Å². The highest BCUT2D eigenvalue weighted by Gasteiger charge is 2.24. The van der Waals surface area contributed by atoms with Crippen molar-refractivity contribution in [1.29, 1.82) is 0 Å². The molecule has 0 radical (unpaired) electrons. The molecule has 0 spiro atoms. The molecule has 0 bridgehead atoms. The lowest BCUT2D eigenvalue weighted by molar-refractivity contribution is 0.408. The maximum atomic E-state index is 10.0. The van der Waals surface area contributed by atoms with Crippen molar-refractivity contribution in [1.82, 2.24) is 5.43 Å². The molecule has 108 valence electrons. The van der Waals surface area contributed by atoms with E-state index in [0.717, 1.165) is 16.8 Å². The molecule has 1 atom stereocenters. The molecule has 1 unspecified atom stereocenters. The van der Waals surface area contributed by atoms with Crippen LogP contribution in [0.1, 0.15) is 23.6 Å². The minimum atomic E-state index is -0.0641. The van der Waals surface area contributed by atoms with Crippen LogP contribution in [-0.2, 0) is 0 Å². The van der Waals surface area contributed by atoms with Gasteiger partial charge in [-0.05, 0) is 35.9 Å². The molecule has 1 heterocycles. The van der Waals surface area contributed by atoms with Crippen molar-refractivity contribution in [3.63, 3.8) is 0 Å². The predicted molar refractivity (Wildman–Crippen MR) is 83.1 cm³/mol. The molecule has 0 saturated heterocycles. The Bertz CT molecular complexity index is 683. The zero-order valence-corrected chi connectivity index (χ0v) is 12.3. The van der Waals surface area contributed by atoms with E-state index in [1.54, 1.807) is 19.2 Å². The zero-order valence-electron chi connectivity index (χ0n) is 11.5. The van der Waals surface area contributed by atoms with E-state index < -0.39 is 0 Å². The summed E-state index contributed by atoms with van der Waals surface area (Å²) in [7, 11) is 1.61. The van der Waals surface area contributed by atoms with Crippen molar-refractivity contribution < 1.29 is 9.84 Å². The fourth-order valence-electron chi connectivity index (χ4n) is 2.38. The van der Waals surface area contributed by atoms with Crippen LogP contribution < -0.4 is 10.2 Å². The highest BCUT2D eigenvalue weighted by Crippen LogP contribution is 2.33. The molecule has 4 nitrogen and oxygen atoms in total. The van der Waals surface area contributed by atoms with Crippen LogP contribution in [0.25, 0.3) is 0 Å². The van der Waals surface area contributed by atoms with Gasteiger partial charge in [0.25, 0.3) is 0 Å². The number of hydrogen-bond donors (Lipinski definition) is 2. The summed E-state index contributed by atoms with van der Waals surface area (Å²) < 4.78 is 5.20. The Morgan fingerprint density at radius 2 is 2.00 bits per heavy atom. The van der Waals surface area contributed by atoms with Crippen LogP contribution in [0.5, 0.6) is 11.5 Å². The molecule has 5 heteroatoms. The lowest BCUT2D eigenvalue weighted by Gasteiger charge is -2.13. The standard InChI is InChI=1S/C16H15ClN2O2/c1-21-12-6-7-16(20)13(8-12)15-9-14(18-19-15)10-2-4-11(17)5-3-10/h2-8,15,19-20H,9H2,1H3. The highest BCUT2D eigenvalue weighted by atomic mass is 35.5. The van der Waals surface area contributed by atoms with Crippen LogP contribution in [0.15, 0.2) is 47.6 Å². The third-order valence-corrected chi connectivity index (χ3v) is 3.79. The molecule has 0 aromatic heterocycles. The number of hydrogen-bond acceptors (Lipinski definition) is 4. The minimum absolute atomic E-state index is 0.0641. The van der Waals surface area contributed by atoms with Crippen LogP contribution in [-0.4, -0.2) is 17.9 Å². The number of aromatic hydroxyl groups is 1. The SMILES string of the molecule is COc1ccc(O)c(C2CC(c3ccc(Cl)cc3)=NN2)c1. The van der Waals surface area contributed by atoms with Gasteiger partial charge >= 0.3 is 0 Å². The first-order chi connectivity index (χ1) is 10.2. The number of halogens is 1. The lowest BCUT2D eigenvalue weighted by Crippen LogP contribution is -2.10. The van der Waals surface area contributed by atoms with Gasteiger partial charge in [-0.1, -0.05) is 23.7 Å². The van der Waals surface area contributed by atoms with Gasteiger partial charge < -0.3 is 15.3 Å². The monoisotopic (exact) mass is 302 g/mol. The van der Waals surface area contributed by atoms with Crippen molar-refractivity contribution in [2.24, 2.45) is 5.10 Å². The van der Waals surface area contributed by atoms with Gasteiger partial charge in [0.2, 0.25) is 0 Å². The Morgan fingerprint density at radius 3 is 2.71 bits per heavy atom. The van der Waals surface area contributed by atoms with Crippen LogP contribution in [0.2, 0.25) is 5.02 Å². The van der Waals surface area contributed by atoms with Crippen molar-refractivity contribution in [2.45, 2.75) is 12.5 Å². The quantitative estimate of drug-likeness (QED) is 0.912. The summed E-state index contributed by atoms with van der Waals surface area (Å²) >= 11 is 5.89. The largest absolute Gasteiger partial charge is 0.508 e. The molecule has 0 aliphatic carbocycles. The first kappa shape index (κ1) is 13.8. The molecule has 21 heavy (non-hydrogen) atoms. The van der Waals surface area contributed by atoms with E-state index >= 15 is 0 Å². The second-order valence-electron chi connectivity index (χ2n) is 4.88. The lowest BCUT2D eigenvalue weighted by atomic mass is 9.98. The second-order valence-corrected chi connectivity index (χ2v) is 5.31. The van der Waals surface area contributed by atoms with Crippen molar-refractivity contribution in [3.8, 4) is 11.5 Å². The third kappa shape index (κ3) is 2.81. The van der Waals surface area contributed by atoms with Gasteiger partial charge in [0.1, 0.15) is 11.5 Å². The van der Waals surface area contributed by atoms with Crippen molar-refractivity contribution in [2.75, 3.05) is 7.11 Å². The van der Waals surface area contributed by atoms with E-state index in [1.807, 2.05) is 30.3 Å². The minimum Gasteiger partial charge on any atom is -0.508 e. The molecule has 2 N–H and O–H groups in total. The van der Waals surface area contributed by atoms with Gasteiger partial charge in [0.15, 0.2) is 0 Å². The number of nitrogens with one attached hydrogen (secondary N) is 1. The van der Waals surface area contributed by atoms with Gasteiger partial charge in [-0.25, -0.2) is 0 Å². The van der Waals surface area contributed by atoms with E-state index in [4.69, 9.17) is 16.3 Å². The Hall–Kier alpha value is -2.20. The molecule has 0 fully saturated rings. The normalized spacial score (nSPS) is 17.2. The highest BCUT2D eigenvalue weighted by molar-refractivity contribution is 6.30. The molecule has 3 rings (SSSR count). The summed E-state index contributed by atoms with van der Waals surface area (Å²) in [5.74, 6) is 0.949. The topological polar surface area (TPSA) is 53.9 Å². The molecule has 0 saturated carbocycles. The fraction of sp³-hybridized carbons (Fsp3) is 0.188. The number of phenols is 1. The molecule has 0 amide bonds. The second kappa shape index (κ2) is 5.66. The maximum Gasteiger partial charge on any atom is 0.121 e. The van der Waals surface area contributed by atoms with Gasteiger partial charge in [-0.2, -0.15) is 5.10 Å². The number of ether oxygens (including phenoxy) is 1. The number of benzene rings is 2. The molecular formula is C16H15ClN2O2. The predicted octanol–water partition coefficient (Wildman–Crippen LogP) is 3.49. The molecular weight excluding hydrogens is 288 g/mol. The van der Waals surface area contributed by atoms with Crippen LogP contribution in [0, 0.1) is 0 Å². The van der Waals surface area contributed by atoms with Crippen LogP contribution in [0.3, 0.4) is 0 Å². The van der Waals surface area contributed by atoms with Crippen LogP contribution >= 0.6 is 11.6 Å². The summed E-state index contributed by atoms with van der Waals surface area (Å²) in [6, 6.07) is 12.7. The van der Waals surface area contributed by atoms with Crippen molar-refractivity contribution in [3.05, 3.63) is 58.6 Å². The maximum absolute atomic E-state index is 10.0. The van der Waals surface area contributed by atoms with Gasteiger partial charge in [-0.15, -0.1) is 0 Å². The number of methoxy groups -OCH3 is 1. The van der Waals surface area contributed by atoms with Gasteiger partial charge in [0, 0.05) is 17.0 Å². The summed E-state index contributed by atoms with van der Waals surface area (Å²) in [5.41, 5.74) is 5.82. The average Bonchev–Trinajstić information content (AvgIpc) is 2.98. The van der Waals surface area contributed by atoms with Gasteiger partial charge in [-0.3, -0.25) is 0 Å². The van der Waals surface area contributed by atoms with E-state index in [9.17, 15) is 5.11 Å². The average molecular weight is 303 g/mol. The molecule has 1 aliphatic heterocycles. The first-order valence-corrected chi connectivity index (χ1v) is 7.00. The van der Waals surface area contributed by atoms with E-state index in [2.05, 4.69) is 10.5 Å². The Morgan fingerprint density at radius 1 is 1.24 bits per heavy atom. The van der Waals surface area contributed by atoms with Crippen molar-refractivity contribution >= 4 is 17.3 Å². The fourth-order valence-corrected chi connectivity index (χ4v) is 2.51. The number of phenolic OH excluding ortho intramolecular Hbond substituents is 1. The van der Waals surface area contributed by atoms with E-state index in [1.165, 1.54) is 0 Å². The smallest absolute Gasteiger partial charge is 0.121 e. The molecule has 2 aromatic carbocycles. The van der Waals surface area contributed by atoms with E-state index in [-0.39, 0.29) is 11.8 Å². The van der Waals surface area contributed by atoms with Gasteiger partial charge in [0.05, 0.1) is 18.9 Å². The number of nitrogens with zero attached hydrogens (tertiary/aromatic N) is 1. The summed E-state index contributed by atoms with van der Waals surface area (Å²) in [4.78, 5) is 0. The van der Waals surface area contributed by atoms with Crippen LogP contribution in [0.4, 0.5) is 0 Å². The Labute approximate surface area is 128 Å². The third-order valence-electron chi connectivity index (χ3n) is 3.54. The first-order valence-electron chi connectivity index (χ1n) is 6.62. The molecule has 2 aromatic rings. The Kier molecular flexibility index (Phi) is 3.71. The summed E-state index contributed by atoms with van der Waals surface area (Å²) in [5, 5.41) is 15.1. The molecule has 1 aliphatic rings. The number of rotatable bonds is 3. The number of hydrazone groups is 1.